The minimum Gasteiger partial charge on any atom is -0.469 e. The van der Waals surface area contributed by atoms with Crippen molar-refractivity contribution in [1.82, 2.24) is 10.2 Å². The van der Waals surface area contributed by atoms with E-state index in [2.05, 4.69) is 10.1 Å². The highest BCUT2D eigenvalue weighted by molar-refractivity contribution is 7.86. The van der Waals surface area contributed by atoms with Gasteiger partial charge in [0.1, 0.15) is 11.7 Å². The lowest BCUT2D eigenvalue weighted by Crippen LogP contribution is -2.54. The Bertz CT molecular complexity index is 931. The second-order valence-corrected chi connectivity index (χ2v) is 10.8. The molecule has 2 N–H and O–H groups in total. The van der Waals surface area contributed by atoms with Gasteiger partial charge in [0.05, 0.1) is 45.1 Å². The summed E-state index contributed by atoms with van der Waals surface area (Å²) in [5.41, 5.74) is -0.835. The summed E-state index contributed by atoms with van der Waals surface area (Å²) in [4.78, 5) is 51.0. The molecule has 0 aliphatic carbocycles. The van der Waals surface area contributed by atoms with E-state index in [1.165, 1.54) is 4.90 Å². The third-order valence-corrected chi connectivity index (χ3v) is 6.06. The molecule has 2 heterocycles. The summed E-state index contributed by atoms with van der Waals surface area (Å²) in [7, 11) is -1.87. The summed E-state index contributed by atoms with van der Waals surface area (Å²) < 4.78 is 48.2. The van der Waals surface area contributed by atoms with Crippen LogP contribution >= 0.6 is 0 Å². The number of amides is 2. The Kier molecular flexibility index (Phi) is 8.94. The number of ether oxygens (including phenoxy) is 4. The Hall–Kier alpha value is -2.65. The van der Waals surface area contributed by atoms with Crippen molar-refractivity contribution < 1.29 is 55.8 Å². The zero-order valence-corrected chi connectivity index (χ0v) is 21.2. The van der Waals surface area contributed by atoms with Gasteiger partial charge in [-0.3, -0.25) is 13.9 Å². The Labute approximate surface area is 203 Å². The van der Waals surface area contributed by atoms with E-state index in [-0.39, 0.29) is 12.8 Å². The number of fused-ring (bicyclic) bond motifs is 1. The fourth-order valence-corrected chi connectivity index (χ4v) is 4.84. The van der Waals surface area contributed by atoms with E-state index in [4.69, 9.17) is 18.4 Å². The number of esters is 2. The molecule has 0 aromatic rings. The quantitative estimate of drug-likeness (QED) is 0.225. The minimum absolute atomic E-state index is 0.0197. The number of nitrogens with zero attached hydrogens (tertiary/aromatic N) is 1. The van der Waals surface area contributed by atoms with Crippen LogP contribution in [0.2, 0.25) is 0 Å². The summed E-state index contributed by atoms with van der Waals surface area (Å²) in [5.74, 6) is -2.65. The Morgan fingerprint density at radius 1 is 1.23 bits per heavy atom. The summed E-state index contributed by atoms with van der Waals surface area (Å²) in [6.07, 6.45) is -4.11. The maximum Gasteiger partial charge on any atom is 0.410 e. The molecule has 6 atom stereocenters. The lowest BCUT2D eigenvalue weighted by Gasteiger charge is -2.29. The van der Waals surface area contributed by atoms with Crippen LogP contribution in [0.25, 0.3) is 0 Å². The molecule has 0 bridgehead atoms. The van der Waals surface area contributed by atoms with E-state index in [0.29, 0.717) is 0 Å². The molecule has 0 aromatic heterocycles. The summed E-state index contributed by atoms with van der Waals surface area (Å²) in [5, 5.41) is 12.4. The van der Waals surface area contributed by atoms with Gasteiger partial charge < -0.3 is 29.4 Å². The molecule has 0 radical (unpaired) electrons. The third-order valence-electron chi connectivity index (χ3n) is 5.48. The first-order valence-corrected chi connectivity index (χ1v) is 12.6. The summed E-state index contributed by atoms with van der Waals surface area (Å²) in [6, 6.07) is -3.02. The van der Waals surface area contributed by atoms with Gasteiger partial charge >= 0.3 is 24.1 Å². The molecule has 2 unspecified atom stereocenters. The van der Waals surface area contributed by atoms with E-state index < -0.39 is 82.7 Å². The molecule has 2 saturated heterocycles. The molecule has 35 heavy (non-hydrogen) atoms. The van der Waals surface area contributed by atoms with Gasteiger partial charge in [0, 0.05) is 12.5 Å². The van der Waals surface area contributed by atoms with Gasteiger partial charge in [-0.2, -0.15) is 8.42 Å². The largest absolute Gasteiger partial charge is 0.469 e. The molecule has 200 valence electrons. The van der Waals surface area contributed by atoms with Crippen LogP contribution in [0.15, 0.2) is 0 Å². The fourth-order valence-electron chi connectivity index (χ4n) is 4.26. The van der Waals surface area contributed by atoms with Crippen LogP contribution in [-0.2, 0) is 42.8 Å². The van der Waals surface area contributed by atoms with E-state index in [0.717, 1.165) is 20.5 Å². The SMILES string of the molecule is COC(=O)C1C[C@H](C[C@@H](OS(C)(=O)=O)C(=O)OC)N2C(=O)O[C@@H]([C@@H](CO)NC(=O)OC(C)(C)C)C12. The van der Waals surface area contributed by atoms with E-state index in [1.807, 2.05) is 0 Å². The first-order chi connectivity index (χ1) is 16.1. The molecule has 2 rings (SSSR count). The topological polar surface area (TPSA) is 184 Å². The predicted molar refractivity (Wildman–Crippen MR) is 116 cm³/mol. The Balaban J connectivity index is 2.34. The van der Waals surface area contributed by atoms with Crippen LogP contribution in [0.1, 0.15) is 33.6 Å². The number of hydrogen-bond acceptors (Lipinski definition) is 12. The number of carbonyl (C=O) groups excluding carboxylic acids is 4. The van der Waals surface area contributed by atoms with Crippen molar-refractivity contribution in [2.75, 3.05) is 27.1 Å². The number of alkyl carbamates (subject to hydrolysis) is 1. The minimum atomic E-state index is -4.07. The fraction of sp³-hybridized carbons (Fsp3) is 0.800. The van der Waals surface area contributed by atoms with Crippen LogP contribution in [0, 0.1) is 5.92 Å². The van der Waals surface area contributed by atoms with Crippen molar-refractivity contribution in [3.8, 4) is 0 Å². The number of carbonyl (C=O) groups is 4. The zero-order valence-electron chi connectivity index (χ0n) is 20.4. The number of aliphatic hydroxyl groups excluding tert-OH is 1. The molecular weight excluding hydrogens is 492 g/mol. The molecule has 0 saturated carbocycles. The van der Waals surface area contributed by atoms with Crippen molar-refractivity contribution in [3.63, 3.8) is 0 Å². The number of cyclic esters (lactones) is 1. The average molecular weight is 525 g/mol. The third kappa shape index (κ3) is 7.18. The predicted octanol–water partition coefficient (Wildman–Crippen LogP) is -0.469. The summed E-state index contributed by atoms with van der Waals surface area (Å²) in [6.45, 7) is 4.27. The first kappa shape index (κ1) is 28.6. The molecule has 0 spiro atoms. The van der Waals surface area contributed by atoms with Crippen LogP contribution in [-0.4, -0.2) is 106 Å². The number of aliphatic hydroxyl groups is 1. The number of nitrogens with one attached hydrogen (secondary N) is 1. The number of rotatable bonds is 9. The van der Waals surface area contributed by atoms with E-state index in [9.17, 15) is 32.7 Å². The van der Waals surface area contributed by atoms with Crippen LogP contribution in [0.4, 0.5) is 9.59 Å². The monoisotopic (exact) mass is 524 g/mol. The van der Waals surface area contributed by atoms with Gasteiger partial charge in [0.15, 0.2) is 6.10 Å². The van der Waals surface area contributed by atoms with Crippen LogP contribution in [0.5, 0.6) is 0 Å². The smallest absolute Gasteiger partial charge is 0.410 e. The van der Waals surface area contributed by atoms with Gasteiger partial charge in [0.2, 0.25) is 0 Å². The molecule has 2 amide bonds. The molecule has 0 aromatic carbocycles. The van der Waals surface area contributed by atoms with Crippen LogP contribution in [0.3, 0.4) is 0 Å². The highest BCUT2D eigenvalue weighted by Crippen LogP contribution is 2.41. The Morgan fingerprint density at radius 3 is 2.34 bits per heavy atom. The number of hydrogen-bond donors (Lipinski definition) is 2. The first-order valence-electron chi connectivity index (χ1n) is 10.7. The summed E-state index contributed by atoms with van der Waals surface area (Å²) >= 11 is 0. The standard InChI is InChI=1S/C20H32N2O12S/c1-20(2,3)33-18(26)21-12(9-23)15-14-11(16(24)30-4)7-10(22(14)19(27)32-15)8-13(17(25)31-5)34-35(6,28)29/h10-15,23H,7-9H2,1-6H3,(H,21,26)/t10-,11?,12-,13-,14?,15+/m1/s1. The lowest BCUT2D eigenvalue weighted by molar-refractivity contribution is -0.149. The normalized spacial score (nSPS) is 25.8. The van der Waals surface area contributed by atoms with Crippen molar-refractivity contribution in [2.45, 2.75) is 69.5 Å². The molecule has 14 nitrogen and oxygen atoms in total. The van der Waals surface area contributed by atoms with Crippen molar-refractivity contribution in [3.05, 3.63) is 0 Å². The highest BCUT2D eigenvalue weighted by Gasteiger charge is 2.59. The highest BCUT2D eigenvalue weighted by atomic mass is 32.2. The number of methoxy groups -OCH3 is 2. The molecule has 2 aliphatic rings. The van der Waals surface area contributed by atoms with Crippen molar-refractivity contribution >= 4 is 34.2 Å². The molecular formula is C20H32N2O12S. The van der Waals surface area contributed by atoms with Gasteiger partial charge in [-0.25, -0.2) is 14.4 Å². The van der Waals surface area contributed by atoms with E-state index in [1.54, 1.807) is 20.8 Å². The average Bonchev–Trinajstić information content (AvgIpc) is 3.27. The van der Waals surface area contributed by atoms with Crippen molar-refractivity contribution in [2.24, 2.45) is 5.92 Å². The molecule has 15 heteroatoms. The maximum atomic E-state index is 12.8. The zero-order chi connectivity index (χ0) is 26.7. The van der Waals surface area contributed by atoms with Gasteiger partial charge in [0.25, 0.3) is 10.1 Å². The van der Waals surface area contributed by atoms with Gasteiger partial charge in [-0.1, -0.05) is 0 Å². The van der Waals surface area contributed by atoms with Crippen LogP contribution < -0.4 is 5.32 Å². The second kappa shape index (κ2) is 11.0. The maximum absolute atomic E-state index is 12.8. The van der Waals surface area contributed by atoms with Gasteiger partial charge in [-0.15, -0.1) is 0 Å². The lowest BCUT2D eigenvalue weighted by atomic mass is 9.91. The molecule has 2 fully saturated rings. The second-order valence-electron chi connectivity index (χ2n) is 9.25. The Morgan fingerprint density at radius 2 is 1.86 bits per heavy atom. The molecule has 2 aliphatic heterocycles. The van der Waals surface area contributed by atoms with Gasteiger partial charge in [-0.05, 0) is 27.2 Å². The van der Waals surface area contributed by atoms with Crippen molar-refractivity contribution in [1.29, 1.82) is 0 Å². The van der Waals surface area contributed by atoms with E-state index >= 15 is 0 Å².